The molecule has 1 heterocycles. The standard InChI is InChI=1S/C24H24N2O/c1-19-17-24(20-11-5-2-6-12-20,21-13-7-3-8-14-21)18-26(19)23(27)25-22-15-9-4-10-16-22/h2-16,19H,17-18H2,1H3,(H,25,27)/t19-/m1/s1. The third-order valence-electron chi connectivity index (χ3n) is 5.55. The fourth-order valence-corrected chi connectivity index (χ4v) is 4.21. The molecule has 3 heteroatoms. The fourth-order valence-electron chi connectivity index (χ4n) is 4.21. The molecule has 1 fully saturated rings. The van der Waals surface area contributed by atoms with Crippen LogP contribution in [0.4, 0.5) is 10.5 Å². The highest BCUT2D eigenvalue weighted by molar-refractivity contribution is 5.90. The lowest BCUT2D eigenvalue weighted by molar-refractivity contribution is 0.208. The summed E-state index contributed by atoms with van der Waals surface area (Å²) in [6, 6.07) is 30.9. The van der Waals surface area contributed by atoms with E-state index in [1.807, 2.05) is 47.4 Å². The molecule has 0 radical (unpaired) electrons. The van der Waals surface area contributed by atoms with Gasteiger partial charge in [-0.15, -0.1) is 0 Å². The van der Waals surface area contributed by atoms with Crippen LogP contribution in [0.2, 0.25) is 0 Å². The van der Waals surface area contributed by atoms with E-state index in [1.54, 1.807) is 0 Å². The van der Waals surface area contributed by atoms with E-state index in [2.05, 4.69) is 60.8 Å². The molecule has 1 atom stereocenters. The van der Waals surface area contributed by atoms with Crippen molar-refractivity contribution in [2.45, 2.75) is 24.8 Å². The molecule has 3 aromatic carbocycles. The fraction of sp³-hybridized carbons (Fsp3) is 0.208. The van der Waals surface area contributed by atoms with Gasteiger partial charge in [-0.2, -0.15) is 0 Å². The van der Waals surface area contributed by atoms with Crippen LogP contribution in [0.5, 0.6) is 0 Å². The average molecular weight is 356 g/mol. The van der Waals surface area contributed by atoms with Crippen molar-refractivity contribution in [3.05, 3.63) is 102 Å². The van der Waals surface area contributed by atoms with Gasteiger partial charge in [0.05, 0.1) is 0 Å². The largest absolute Gasteiger partial charge is 0.322 e. The first kappa shape index (κ1) is 17.3. The van der Waals surface area contributed by atoms with Gasteiger partial charge in [0.15, 0.2) is 0 Å². The van der Waals surface area contributed by atoms with Gasteiger partial charge in [0.1, 0.15) is 0 Å². The van der Waals surface area contributed by atoms with Crippen molar-refractivity contribution in [3.8, 4) is 0 Å². The Balaban J connectivity index is 1.67. The van der Waals surface area contributed by atoms with Crippen LogP contribution < -0.4 is 5.32 Å². The number of carbonyl (C=O) groups excluding carboxylic acids is 1. The first-order valence-corrected chi connectivity index (χ1v) is 9.43. The van der Waals surface area contributed by atoms with Gasteiger partial charge < -0.3 is 10.2 Å². The molecule has 1 N–H and O–H groups in total. The van der Waals surface area contributed by atoms with Gasteiger partial charge in [-0.05, 0) is 36.6 Å². The van der Waals surface area contributed by atoms with Crippen LogP contribution in [-0.4, -0.2) is 23.5 Å². The highest BCUT2D eigenvalue weighted by Crippen LogP contribution is 2.43. The van der Waals surface area contributed by atoms with Crippen molar-refractivity contribution < 1.29 is 4.79 Å². The second-order valence-corrected chi connectivity index (χ2v) is 7.29. The Bertz CT molecular complexity index is 854. The Labute approximate surface area is 160 Å². The van der Waals surface area contributed by atoms with E-state index < -0.39 is 0 Å². The Kier molecular flexibility index (Phi) is 4.68. The highest BCUT2D eigenvalue weighted by Gasteiger charge is 2.46. The lowest BCUT2D eigenvalue weighted by Gasteiger charge is -2.30. The van der Waals surface area contributed by atoms with Crippen LogP contribution in [0.3, 0.4) is 0 Å². The van der Waals surface area contributed by atoms with Crippen LogP contribution >= 0.6 is 0 Å². The topological polar surface area (TPSA) is 32.3 Å². The molecule has 1 aliphatic heterocycles. The minimum atomic E-state index is -0.185. The third-order valence-corrected chi connectivity index (χ3v) is 5.55. The predicted octanol–water partition coefficient (Wildman–Crippen LogP) is 5.30. The van der Waals surface area contributed by atoms with Crippen molar-refractivity contribution in [3.63, 3.8) is 0 Å². The first-order valence-electron chi connectivity index (χ1n) is 9.43. The van der Waals surface area contributed by atoms with Gasteiger partial charge in [0, 0.05) is 23.7 Å². The molecule has 3 aromatic rings. The minimum absolute atomic E-state index is 0.0394. The van der Waals surface area contributed by atoms with E-state index in [0.717, 1.165) is 12.1 Å². The molecule has 3 nitrogen and oxygen atoms in total. The van der Waals surface area contributed by atoms with Crippen LogP contribution in [0.25, 0.3) is 0 Å². The maximum absolute atomic E-state index is 13.0. The summed E-state index contributed by atoms with van der Waals surface area (Å²) in [4.78, 5) is 15.0. The van der Waals surface area contributed by atoms with Gasteiger partial charge in [-0.25, -0.2) is 4.79 Å². The van der Waals surface area contributed by atoms with Crippen molar-refractivity contribution in [2.24, 2.45) is 0 Å². The number of hydrogen-bond donors (Lipinski definition) is 1. The molecule has 1 saturated heterocycles. The lowest BCUT2D eigenvalue weighted by atomic mass is 9.73. The van der Waals surface area contributed by atoms with Crippen molar-refractivity contribution in [1.29, 1.82) is 0 Å². The van der Waals surface area contributed by atoms with Gasteiger partial charge in [0.2, 0.25) is 0 Å². The van der Waals surface area contributed by atoms with E-state index in [9.17, 15) is 4.79 Å². The Morgan fingerprint density at radius 3 is 1.85 bits per heavy atom. The Morgan fingerprint density at radius 1 is 0.852 bits per heavy atom. The molecule has 2 amide bonds. The van der Waals surface area contributed by atoms with Crippen molar-refractivity contribution in [2.75, 3.05) is 11.9 Å². The van der Waals surface area contributed by atoms with Gasteiger partial charge in [0.25, 0.3) is 0 Å². The molecule has 0 saturated carbocycles. The molecule has 0 spiro atoms. The number of amides is 2. The molecule has 136 valence electrons. The summed E-state index contributed by atoms with van der Waals surface area (Å²) in [5.74, 6) is 0. The van der Waals surface area contributed by atoms with E-state index in [1.165, 1.54) is 11.1 Å². The van der Waals surface area contributed by atoms with Crippen LogP contribution in [0, 0.1) is 0 Å². The average Bonchev–Trinajstić information content (AvgIpc) is 3.09. The van der Waals surface area contributed by atoms with E-state index in [-0.39, 0.29) is 17.5 Å². The van der Waals surface area contributed by atoms with E-state index in [0.29, 0.717) is 6.54 Å². The van der Waals surface area contributed by atoms with E-state index in [4.69, 9.17) is 0 Å². The number of carbonyl (C=O) groups is 1. The normalized spacial score (nSPS) is 18.3. The number of para-hydroxylation sites is 1. The van der Waals surface area contributed by atoms with Gasteiger partial charge in [-0.1, -0.05) is 78.9 Å². The predicted molar refractivity (Wildman–Crippen MR) is 110 cm³/mol. The summed E-state index contributed by atoms with van der Waals surface area (Å²) in [6.07, 6.45) is 0.906. The number of urea groups is 1. The number of hydrogen-bond acceptors (Lipinski definition) is 1. The lowest BCUT2D eigenvalue weighted by Crippen LogP contribution is -2.39. The smallest absolute Gasteiger partial charge is 0.321 e. The summed E-state index contributed by atoms with van der Waals surface area (Å²) < 4.78 is 0. The van der Waals surface area contributed by atoms with Gasteiger partial charge in [-0.3, -0.25) is 0 Å². The Morgan fingerprint density at radius 2 is 1.33 bits per heavy atom. The van der Waals surface area contributed by atoms with Crippen molar-refractivity contribution >= 4 is 11.7 Å². The summed E-state index contributed by atoms with van der Waals surface area (Å²) in [7, 11) is 0. The van der Waals surface area contributed by atoms with Crippen molar-refractivity contribution in [1.82, 2.24) is 4.90 Å². The number of rotatable bonds is 3. The van der Waals surface area contributed by atoms with E-state index >= 15 is 0 Å². The second-order valence-electron chi connectivity index (χ2n) is 7.29. The second kappa shape index (κ2) is 7.28. The molecular formula is C24H24N2O. The van der Waals surface area contributed by atoms with Crippen LogP contribution in [0.1, 0.15) is 24.5 Å². The number of nitrogens with one attached hydrogen (secondary N) is 1. The number of anilines is 1. The molecule has 1 aliphatic rings. The molecule has 0 aliphatic carbocycles. The molecular weight excluding hydrogens is 332 g/mol. The SMILES string of the molecule is C[C@@H]1CC(c2ccccc2)(c2ccccc2)CN1C(=O)Nc1ccccc1. The summed E-state index contributed by atoms with van der Waals surface area (Å²) >= 11 is 0. The number of likely N-dealkylation sites (tertiary alicyclic amines) is 1. The minimum Gasteiger partial charge on any atom is -0.321 e. The number of benzene rings is 3. The maximum Gasteiger partial charge on any atom is 0.322 e. The monoisotopic (exact) mass is 356 g/mol. The van der Waals surface area contributed by atoms with Gasteiger partial charge >= 0.3 is 6.03 Å². The zero-order valence-corrected chi connectivity index (χ0v) is 15.5. The maximum atomic E-state index is 13.0. The summed E-state index contributed by atoms with van der Waals surface area (Å²) in [5.41, 5.74) is 3.17. The summed E-state index contributed by atoms with van der Waals surface area (Å²) in [5, 5.41) is 3.04. The van der Waals surface area contributed by atoms with Crippen LogP contribution in [-0.2, 0) is 5.41 Å². The molecule has 0 aromatic heterocycles. The summed E-state index contributed by atoms with van der Waals surface area (Å²) in [6.45, 7) is 2.80. The number of nitrogens with zero attached hydrogens (tertiary/aromatic N) is 1. The zero-order valence-electron chi connectivity index (χ0n) is 15.5. The molecule has 27 heavy (non-hydrogen) atoms. The third kappa shape index (κ3) is 3.33. The van der Waals surface area contributed by atoms with Crippen LogP contribution in [0.15, 0.2) is 91.0 Å². The highest BCUT2D eigenvalue weighted by atomic mass is 16.2. The quantitative estimate of drug-likeness (QED) is 0.679. The first-order chi connectivity index (χ1) is 13.2. The molecule has 0 bridgehead atoms. The molecule has 4 rings (SSSR count). The Hall–Kier alpha value is -3.07. The molecule has 0 unspecified atom stereocenters. The zero-order chi connectivity index (χ0) is 18.7.